The van der Waals surface area contributed by atoms with Crippen molar-refractivity contribution in [1.29, 1.82) is 0 Å². The zero-order valence-corrected chi connectivity index (χ0v) is 11.4. The molecule has 8 heteroatoms. The lowest BCUT2D eigenvalue weighted by Crippen LogP contribution is -2.46. The molecule has 0 spiro atoms. The summed E-state index contributed by atoms with van der Waals surface area (Å²) in [7, 11) is 0. The van der Waals surface area contributed by atoms with Gasteiger partial charge >= 0.3 is 5.82 Å². The third kappa shape index (κ3) is 2.96. The van der Waals surface area contributed by atoms with Gasteiger partial charge < -0.3 is 20.1 Å². The molecule has 0 aliphatic carbocycles. The quantitative estimate of drug-likeness (QED) is 0.639. The van der Waals surface area contributed by atoms with E-state index in [9.17, 15) is 20.0 Å². The number of aliphatic hydroxyl groups excluding tert-OH is 1. The van der Waals surface area contributed by atoms with Crippen molar-refractivity contribution in [3.63, 3.8) is 0 Å². The van der Waals surface area contributed by atoms with Gasteiger partial charge in [0.2, 0.25) is 11.7 Å². The van der Waals surface area contributed by atoms with E-state index in [2.05, 4.69) is 4.98 Å². The highest BCUT2D eigenvalue weighted by molar-refractivity contribution is 5.76. The SMILES string of the molecule is Cc1nc([N+](=O)[O-])cn1CC(=O)N1CCCCC1CO. The minimum Gasteiger partial charge on any atom is -0.394 e. The summed E-state index contributed by atoms with van der Waals surface area (Å²) in [5.74, 6) is 0.0365. The van der Waals surface area contributed by atoms with Crippen LogP contribution in [0.25, 0.3) is 0 Å². The molecule has 20 heavy (non-hydrogen) atoms. The van der Waals surface area contributed by atoms with Crippen molar-refractivity contribution in [3.8, 4) is 0 Å². The van der Waals surface area contributed by atoms with Crippen LogP contribution < -0.4 is 0 Å². The molecule has 1 fully saturated rings. The number of likely N-dealkylation sites (tertiary alicyclic amines) is 1. The Hall–Kier alpha value is -1.96. The molecule has 1 atom stereocenters. The van der Waals surface area contributed by atoms with Crippen molar-refractivity contribution >= 4 is 11.7 Å². The van der Waals surface area contributed by atoms with Gasteiger partial charge in [-0.2, -0.15) is 0 Å². The zero-order valence-electron chi connectivity index (χ0n) is 11.4. The molecule has 0 saturated carbocycles. The van der Waals surface area contributed by atoms with Crippen LogP contribution in [-0.2, 0) is 11.3 Å². The molecule has 110 valence electrons. The van der Waals surface area contributed by atoms with Gasteiger partial charge in [0.05, 0.1) is 12.6 Å². The molecule has 0 radical (unpaired) electrons. The van der Waals surface area contributed by atoms with E-state index in [1.165, 1.54) is 10.8 Å². The fourth-order valence-electron chi connectivity index (χ4n) is 2.49. The zero-order chi connectivity index (χ0) is 14.7. The Morgan fingerprint density at radius 1 is 1.60 bits per heavy atom. The first-order chi connectivity index (χ1) is 9.52. The van der Waals surface area contributed by atoms with Gasteiger partial charge in [-0.3, -0.25) is 9.36 Å². The summed E-state index contributed by atoms with van der Waals surface area (Å²) < 4.78 is 1.48. The number of piperidine rings is 1. The second-order valence-corrected chi connectivity index (χ2v) is 4.95. The Labute approximate surface area is 116 Å². The number of carbonyl (C=O) groups is 1. The van der Waals surface area contributed by atoms with Crippen LogP contribution in [0.5, 0.6) is 0 Å². The Morgan fingerprint density at radius 2 is 2.35 bits per heavy atom. The predicted octanol–water partition coefficient (Wildman–Crippen LogP) is 0.473. The third-order valence-corrected chi connectivity index (χ3v) is 3.61. The van der Waals surface area contributed by atoms with E-state index in [4.69, 9.17) is 0 Å². The number of nitrogens with zero attached hydrogens (tertiary/aromatic N) is 4. The average molecular weight is 282 g/mol. The van der Waals surface area contributed by atoms with E-state index in [0.717, 1.165) is 19.3 Å². The maximum absolute atomic E-state index is 12.3. The molecule has 1 unspecified atom stereocenters. The van der Waals surface area contributed by atoms with E-state index < -0.39 is 4.92 Å². The van der Waals surface area contributed by atoms with Crippen molar-refractivity contribution < 1.29 is 14.8 Å². The minimum absolute atomic E-state index is 0.0170. The molecule has 1 amide bonds. The van der Waals surface area contributed by atoms with E-state index in [1.807, 2.05) is 0 Å². The maximum atomic E-state index is 12.3. The second kappa shape index (κ2) is 6.00. The van der Waals surface area contributed by atoms with Gasteiger partial charge in [-0.15, -0.1) is 0 Å². The molecule has 0 aromatic carbocycles. The molecule has 2 rings (SSSR count). The summed E-state index contributed by atoms with van der Waals surface area (Å²) in [4.78, 5) is 27.8. The summed E-state index contributed by atoms with van der Waals surface area (Å²) in [5, 5.41) is 20.0. The highest BCUT2D eigenvalue weighted by atomic mass is 16.6. The topological polar surface area (TPSA) is 102 Å². The first-order valence-electron chi connectivity index (χ1n) is 6.61. The Morgan fingerprint density at radius 3 is 2.95 bits per heavy atom. The minimum atomic E-state index is -0.578. The lowest BCUT2D eigenvalue weighted by Gasteiger charge is -2.34. The molecule has 1 aliphatic heterocycles. The van der Waals surface area contributed by atoms with Crippen LogP contribution in [0.2, 0.25) is 0 Å². The highest BCUT2D eigenvalue weighted by Crippen LogP contribution is 2.18. The average Bonchev–Trinajstić information content (AvgIpc) is 2.80. The fraction of sp³-hybridized carbons (Fsp3) is 0.667. The van der Waals surface area contributed by atoms with E-state index >= 15 is 0 Å². The molecule has 1 aliphatic rings. The number of imidazole rings is 1. The van der Waals surface area contributed by atoms with E-state index in [1.54, 1.807) is 11.8 Å². The highest BCUT2D eigenvalue weighted by Gasteiger charge is 2.27. The van der Waals surface area contributed by atoms with Crippen LogP contribution >= 0.6 is 0 Å². The number of carbonyl (C=O) groups excluding carboxylic acids is 1. The summed E-state index contributed by atoms with van der Waals surface area (Å²) >= 11 is 0. The van der Waals surface area contributed by atoms with Crippen LogP contribution in [0.4, 0.5) is 5.82 Å². The molecule has 1 N–H and O–H groups in total. The predicted molar refractivity (Wildman–Crippen MR) is 70.1 cm³/mol. The van der Waals surface area contributed by atoms with Gasteiger partial charge in [-0.25, -0.2) is 0 Å². The number of aromatic nitrogens is 2. The van der Waals surface area contributed by atoms with Crippen LogP contribution in [0.3, 0.4) is 0 Å². The standard InChI is InChI=1S/C12H18N4O4/c1-9-13-11(16(19)20)6-14(9)7-12(18)15-5-3-2-4-10(15)8-17/h6,10,17H,2-5,7-8H2,1H3. The van der Waals surface area contributed by atoms with Gasteiger partial charge in [-0.1, -0.05) is 0 Å². The number of hydrogen-bond acceptors (Lipinski definition) is 5. The molecular formula is C12H18N4O4. The second-order valence-electron chi connectivity index (χ2n) is 4.95. The molecular weight excluding hydrogens is 264 g/mol. The Kier molecular flexibility index (Phi) is 4.33. The number of aryl methyl sites for hydroxylation is 1. The number of hydrogen-bond donors (Lipinski definition) is 1. The van der Waals surface area contributed by atoms with Crippen LogP contribution in [0.1, 0.15) is 25.1 Å². The summed E-state index contributed by atoms with van der Waals surface area (Å²) in [5.41, 5.74) is 0. The lowest BCUT2D eigenvalue weighted by atomic mass is 10.0. The number of aliphatic hydroxyl groups is 1. The van der Waals surface area contributed by atoms with Gasteiger partial charge in [0, 0.05) is 13.5 Å². The first-order valence-corrected chi connectivity index (χ1v) is 6.61. The Balaban J connectivity index is 2.08. The molecule has 8 nitrogen and oxygen atoms in total. The normalized spacial score (nSPS) is 19.1. The molecule has 0 bridgehead atoms. The number of nitro groups is 1. The van der Waals surface area contributed by atoms with Crippen LogP contribution in [-0.4, -0.2) is 49.6 Å². The van der Waals surface area contributed by atoms with Gasteiger partial charge in [0.25, 0.3) is 0 Å². The smallest absolute Gasteiger partial charge is 0.381 e. The van der Waals surface area contributed by atoms with E-state index in [0.29, 0.717) is 12.4 Å². The van der Waals surface area contributed by atoms with Crippen molar-refractivity contribution in [2.45, 2.75) is 38.8 Å². The lowest BCUT2D eigenvalue weighted by molar-refractivity contribution is -0.389. The van der Waals surface area contributed by atoms with Crippen LogP contribution in [0, 0.1) is 17.0 Å². The molecule has 2 heterocycles. The number of amides is 1. The summed E-state index contributed by atoms with van der Waals surface area (Å²) in [6.07, 6.45) is 3.99. The summed E-state index contributed by atoms with van der Waals surface area (Å²) in [6.45, 7) is 2.22. The van der Waals surface area contributed by atoms with E-state index in [-0.39, 0.29) is 30.9 Å². The van der Waals surface area contributed by atoms with Crippen molar-refractivity contribution in [3.05, 3.63) is 22.1 Å². The van der Waals surface area contributed by atoms with Crippen molar-refractivity contribution in [2.24, 2.45) is 0 Å². The molecule has 1 saturated heterocycles. The van der Waals surface area contributed by atoms with Crippen molar-refractivity contribution in [2.75, 3.05) is 13.2 Å². The van der Waals surface area contributed by atoms with Crippen LogP contribution in [0.15, 0.2) is 6.20 Å². The third-order valence-electron chi connectivity index (χ3n) is 3.61. The fourth-order valence-corrected chi connectivity index (χ4v) is 2.49. The monoisotopic (exact) mass is 282 g/mol. The molecule has 1 aromatic rings. The molecule has 1 aromatic heterocycles. The van der Waals surface area contributed by atoms with Gasteiger partial charge in [-0.05, 0) is 29.2 Å². The van der Waals surface area contributed by atoms with Gasteiger partial charge in [0.1, 0.15) is 12.7 Å². The first kappa shape index (κ1) is 14.4. The van der Waals surface area contributed by atoms with Gasteiger partial charge in [0.15, 0.2) is 0 Å². The summed E-state index contributed by atoms with van der Waals surface area (Å²) in [6, 6.07) is -0.143. The Bertz CT molecular complexity index is 514. The largest absolute Gasteiger partial charge is 0.394 e. The maximum Gasteiger partial charge on any atom is 0.381 e. The number of rotatable bonds is 4. The van der Waals surface area contributed by atoms with Crippen molar-refractivity contribution in [1.82, 2.24) is 14.5 Å².